The predicted octanol–water partition coefficient (Wildman–Crippen LogP) is 1.20. The molecule has 4 N–H and O–H groups in total. The molecule has 2 atom stereocenters. The van der Waals surface area contributed by atoms with E-state index in [-0.39, 0.29) is 47.7 Å². The lowest BCUT2D eigenvalue weighted by Crippen LogP contribution is -2.49. The van der Waals surface area contributed by atoms with Gasteiger partial charge in [0.2, 0.25) is 19.2 Å². The number of ether oxygens (including phenoxy) is 1. The molecule has 5 rings (SSSR count). The number of carbonyl (C=O) groups is 3. The van der Waals surface area contributed by atoms with Crippen LogP contribution in [0.3, 0.4) is 0 Å². The summed E-state index contributed by atoms with van der Waals surface area (Å²) in [5.41, 5.74) is 0.813. The molecule has 0 aliphatic carbocycles. The molecular formula is C29H33FN4O12P2. The van der Waals surface area contributed by atoms with Crippen molar-refractivity contribution in [3.63, 3.8) is 0 Å². The van der Waals surface area contributed by atoms with Gasteiger partial charge in [0.15, 0.2) is 19.9 Å². The van der Waals surface area contributed by atoms with Crippen LogP contribution in [0.4, 0.5) is 20.6 Å². The zero-order valence-electron chi connectivity index (χ0n) is 25.6. The highest BCUT2D eigenvalue weighted by atomic mass is 31.2. The Hall–Kier alpha value is -4.11. The van der Waals surface area contributed by atoms with Crippen LogP contribution in [-0.2, 0) is 25.4 Å². The average Bonchev–Trinajstić information content (AvgIpc) is 3.60. The Bertz CT molecular complexity index is 1770. The zero-order valence-corrected chi connectivity index (χ0v) is 27.4. The van der Waals surface area contributed by atoms with Crippen molar-refractivity contribution in [2.75, 3.05) is 61.6 Å². The molecule has 2 fully saturated rings. The van der Waals surface area contributed by atoms with Crippen LogP contribution in [0, 0.1) is 5.82 Å². The lowest BCUT2D eigenvalue weighted by atomic mass is 10.1. The van der Waals surface area contributed by atoms with E-state index in [4.69, 9.17) is 28.5 Å². The number of rotatable bonds is 11. The van der Waals surface area contributed by atoms with Crippen molar-refractivity contribution < 1.29 is 56.7 Å². The van der Waals surface area contributed by atoms with Gasteiger partial charge in [-0.1, -0.05) is 12.1 Å². The van der Waals surface area contributed by atoms with E-state index in [2.05, 4.69) is 0 Å². The second-order valence-electron chi connectivity index (χ2n) is 11.1. The molecule has 3 aromatic rings. The van der Waals surface area contributed by atoms with Gasteiger partial charge < -0.3 is 48.1 Å². The van der Waals surface area contributed by atoms with E-state index in [1.807, 2.05) is 0 Å². The summed E-state index contributed by atoms with van der Waals surface area (Å²) in [6.45, 7) is 1.67. The fraction of sp³-hybridized carbons (Fsp3) is 0.379. The van der Waals surface area contributed by atoms with Gasteiger partial charge in [0.25, 0.3) is 0 Å². The van der Waals surface area contributed by atoms with Crippen LogP contribution in [0.15, 0.2) is 56.1 Å². The molecule has 1 aromatic heterocycles. The Morgan fingerprint density at radius 1 is 1.06 bits per heavy atom. The third-order valence-electron chi connectivity index (χ3n) is 7.93. The number of halogens is 1. The van der Waals surface area contributed by atoms with Crippen LogP contribution in [-0.4, -0.2) is 105 Å². The van der Waals surface area contributed by atoms with E-state index in [0.29, 0.717) is 31.9 Å². The lowest BCUT2D eigenvalue weighted by Gasteiger charge is -2.36. The fourth-order valence-electron chi connectivity index (χ4n) is 5.50. The summed E-state index contributed by atoms with van der Waals surface area (Å²) in [4.78, 5) is 83.4. The van der Waals surface area contributed by atoms with Gasteiger partial charge in [-0.2, -0.15) is 0 Å². The van der Waals surface area contributed by atoms with Gasteiger partial charge in [0.1, 0.15) is 18.5 Å². The molecule has 19 heteroatoms. The van der Waals surface area contributed by atoms with Crippen molar-refractivity contribution >= 4 is 50.3 Å². The number of anilines is 2. The highest BCUT2D eigenvalue weighted by Gasteiger charge is 2.35. The number of carbonyl (C=O) groups excluding carboxylic acids is 3. The first-order valence-electron chi connectivity index (χ1n) is 14.6. The molecular weight excluding hydrogens is 677 g/mol. The van der Waals surface area contributed by atoms with Crippen molar-refractivity contribution in [2.45, 2.75) is 19.6 Å². The van der Waals surface area contributed by atoms with Gasteiger partial charge in [-0.15, -0.1) is 0 Å². The highest BCUT2D eigenvalue weighted by Crippen LogP contribution is 2.49. The molecule has 0 saturated carbocycles. The highest BCUT2D eigenvalue weighted by molar-refractivity contribution is 7.75. The number of piperazine rings is 1. The van der Waals surface area contributed by atoms with Gasteiger partial charge in [0, 0.05) is 44.0 Å². The summed E-state index contributed by atoms with van der Waals surface area (Å²) in [6.07, 6.45) is -1.58. The molecule has 2 unspecified atom stereocenters. The van der Waals surface area contributed by atoms with Crippen molar-refractivity contribution in [3.8, 4) is 11.3 Å². The largest absolute Gasteiger partial charge is 0.519 e. The standard InChI is InChI=1S/C29H33FN4O12P2/c1-18(36)33(15-25-27(46-29(39)45-25)19-2-5-22(6-3-19)48(42,43)17-47(40)41)13-21-14-34(28(38)44-21)20-4-7-24(23(30)12-20)31-8-10-32(11-9-31)26(37)16-35/h2-7,12,21,35,40-41H,8-11,13-17H2,1H3,(H,42,43). The maximum atomic E-state index is 15.2. The second kappa shape index (κ2) is 14.6. The quantitative estimate of drug-likeness (QED) is 0.206. The molecule has 0 bridgehead atoms. The Kier molecular flexibility index (Phi) is 10.7. The van der Waals surface area contributed by atoms with Gasteiger partial charge in [-0.05, 0) is 30.3 Å². The van der Waals surface area contributed by atoms with Crippen molar-refractivity contribution in [2.24, 2.45) is 0 Å². The molecule has 258 valence electrons. The first kappa shape index (κ1) is 35.2. The van der Waals surface area contributed by atoms with Crippen molar-refractivity contribution in [1.29, 1.82) is 0 Å². The molecule has 0 radical (unpaired) electrons. The van der Waals surface area contributed by atoms with Gasteiger partial charge in [-0.25, -0.2) is 14.0 Å². The van der Waals surface area contributed by atoms with Gasteiger partial charge >= 0.3 is 11.9 Å². The van der Waals surface area contributed by atoms with E-state index in [0.717, 1.165) is 0 Å². The summed E-state index contributed by atoms with van der Waals surface area (Å²) in [7, 11) is -6.66. The summed E-state index contributed by atoms with van der Waals surface area (Å²) in [5.74, 6) is -3.27. The molecule has 48 heavy (non-hydrogen) atoms. The number of aliphatic hydroxyl groups excluding tert-OH is 1. The molecule has 2 aromatic carbocycles. The van der Waals surface area contributed by atoms with Crippen LogP contribution < -0.4 is 20.9 Å². The topological polar surface area (TPSA) is 215 Å². The molecule has 3 heterocycles. The van der Waals surface area contributed by atoms with Crippen LogP contribution in [0.25, 0.3) is 11.3 Å². The summed E-state index contributed by atoms with van der Waals surface area (Å²) >= 11 is 0. The predicted molar refractivity (Wildman–Crippen MR) is 169 cm³/mol. The molecule has 2 aliphatic rings. The Morgan fingerprint density at radius 2 is 1.75 bits per heavy atom. The Labute approximate surface area is 273 Å². The number of cyclic esters (lactones) is 1. The van der Waals surface area contributed by atoms with Gasteiger partial charge in [-0.3, -0.25) is 19.1 Å². The third-order valence-corrected chi connectivity index (χ3v) is 11.6. The van der Waals surface area contributed by atoms with Crippen LogP contribution in [0.2, 0.25) is 0 Å². The van der Waals surface area contributed by atoms with Crippen LogP contribution in [0.1, 0.15) is 12.7 Å². The minimum atomic E-state index is -4.05. The lowest BCUT2D eigenvalue weighted by molar-refractivity contribution is -0.134. The smallest absolute Gasteiger partial charge is 0.442 e. The molecule has 3 amide bonds. The van der Waals surface area contributed by atoms with E-state index >= 15 is 4.39 Å². The summed E-state index contributed by atoms with van der Waals surface area (Å²) in [6, 6.07) is 9.61. The van der Waals surface area contributed by atoms with E-state index in [1.165, 1.54) is 58.0 Å². The molecule has 0 spiro atoms. The number of amides is 3. The Balaban J connectivity index is 1.25. The minimum absolute atomic E-state index is 0.0158. The van der Waals surface area contributed by atoms with E-state index < -0.39 is 63.9 Å². The summed E-state index contributed by atoms with van der Waals surface area (Å²) < 4.78 is 43.5. The first-order valence-corrected chi connectivity index (χ1v) is 17.9. The van der Waals surface area contributed by atoms with Gasteiger partial charge in [0.05, 0.1) is 36.9 Å². The second-order valence-corrected chi connectivity index (χ2v) is 14.9. The zero-order chi connectivity index (χ0) is 34.7. The maximum Gasteiger partial charge on any atom is 0.519 e. The first-order chi connectivity index (χ1) is 22.7. The number of hydrogen-bond acceptors (Lipinski definition) is 12. The number of aliphatic hydroxyl groups is 1. The minimum Gasteiger partial charge on any atom is -0.442 e. The normalized spacial score (nSPS) is 17.9. The monoisotopic (exact) mass is 710 g/mol. The fourth-order valence-corrected chi connectivity index (χ4v) is 8.14. The Morgan fingerprint density at radius 3 is 2.35 bits per heavy atom. The average molecular weight is 711 g/mol. The van der Waals surface area contributed by atoms with Crippen molar-refractivity contribution in [1.82, 2.24) is 9.80 Å². The SMILES string of the molecule is CC(=O)N(Cc1oc(=O)oc1-c1ccc(P(=O)(O)CP(O)O)cc1)CC1CN(c2ccc(N3CCN(C(=O)CO)CC3)c(F)c2)C(=O)O1. The maximum absolute atomic E-state index is 15.2. The summed E-state index contributed by atoms with van der Waals surface area (Å²) in [5, 5.41) is 9.02. The molecule has 2 saturated heterocycles. The van der Waals surface area contributed by atoms with E-state index in [1.54, 1.807) is 11.0 Å². The third kappa shape index (κ3) is 7.95. The van der Waals surface area contributed by atoms with Crippen LogP contribution >= 0.6 is 15.7 Å². The van der Waals surface area contributed by atoms with Crippen LogP contribution in [0.5, 0.6) is 0 Å². The molecule has 2 aliphatic heterocycles. The molecule has 16 nitrogen and oxygen atoms in total. The number of nitrogens with zero attached hydrogens (tertiary/aromatic N) is 4. The van der Waals surface area contributed by atoms with E-state index in [9.17, 15) is 28.6 Å². The number of benzene rings is 2. The number of hydrogen-bond donors (Lipinski definition) is 4. The van der Waals surface area contributed by atoms with Crippen molar-refractivity contribution in [3.05, 3.63) is 64.7 Å².